The summed E-state index contributed by atoms with van der Waals surface area (Å²) < 4.78 is 4.90. The molecule has 82 valence electrons. The van der Waals surface area contributed by atoms with Crippen molar-refractivity contribution in [2.45, 2.75) is 12.3 Å². The molecule has 1 rings (SSSR count). The fourth-order valence-corrected chi connectivity index (χ4v) is 1.53. The van der Waals surface area contributed by atoms with Crippen molar-refractivity contribution in [3.05, 3.63) is 29.3 Å². The molecule has 0 radical (unpaired) electrons. The predicted octanol–water partition coefficient (Wildman–Crippen LogP) is 2.04. The molecule has 1 aromatic rings. The Morgan fingerprint density at radius 2 is 2.33 bits per heavy atom. The maximum atomic E-state index is 11.5. The highest BCUT2D eigenvalue weighted by atomic mass is 79.9. The number of nitrogen functional groups attached to an aromatic ring is 1. The molecule has 0 amide bonds. The Morgan fingerprint density at radius 3 is 2.87 bits per heavy atom. The third-order valence-corrected chi connectivity index (χ3v) is 2.54. The van der Waals surface area contributed by atoms with E-state index in [-0.39, 0.29) is 5.97 Å². The molecule has 1 aromatic carbocycles. The van der Waals surface area contributed by atoms with E-state index < -0.39 is 0 Å². The van der Waals surface area contributed by atoms with Crippen LogP contribution in [0.4, 0.5) is 5.69 Å². The number of esters is 1. The first kappa shape index (κ1) is 12.0. The number of carbonyl (C=O) groups excluding carboxylic acids is 1. The largest absolute Gasteiger partial charge is 0.462 e. The molecule has 0 saturated heterocycles. The maximum Gasteiger partial charge on any atom is 0.340 e. The van der Waals surface area contributed by atoms with Crippen LogP contribution in [0.15, 0.2) is 18.2 Å². The molecule has 0 aliphatic heterocycles. The average molecular weight is 273 g/mol. The number of hydrazine groups is 1. The van der Waals surface area contributed by atoms with Crippen LogP contribution < -0.4 is 11.3 Å². The van der Waals surface area contributed by atoms with Crippen LogP contribution in [0.5, 0.6) is 0 Å². The molecular formula is C10H13BrN2O2. The number of nitrogens with one attached hydrogen (secondary N) is 1. The van der Waals surface area contributed by atoms with Crippen molar-refractivity contribution in [2.24, 2.45) is 5.84 Å². The Bertz CT molecular complexity index is 355. The number of rotatable bonds is 4. The zero-order valence-corrected chi connectivity index (χ0v) is 10.0. The van der Waals surface area contributed by atoms with Crippen LogP contribution in [-0.2, 0) is 10.1 Å². The number of benzene rings is 1. The summed E-state index contributed by atoms with van der Waals surface area (Å²) in [6.07, 6.45) is 0. The number of hydrogen-bond donors (Lipinski definition) is 2. The van der Waals surface area contributed by atoms with Gasteiger partial charge in [0, 0.05) is 5.33 Å². The number of alkyl halides is 1. The monoisotopic (exact) mass is 272 g/mol. The molecule has 3 N–H and O–H groups in total. The molecule has 0 atom stereocenters. The molecular weight excluding hydrogens is 260 g/mol. The Hall–Kier alpha value is -1.07. The SMILES string of the molecule is CCOC(=O)c1ccc(CBr)cc1NN. The highest BCUT2D eigenvalue weighted by Gasteiger charge is 2.11. The number of halogens is 1. The summed E-state index contributed by atoms with van der Waals surface area (Å²) in [5.41, 5.74) is 4.55. The number of ether oxygens (including phenoxy) is 1. The molecule has 0 aliphatic carbocycles. The lowest BCUT2D eigenvalue weighted by Gasteiger charge is -2.09. The van der Waals surface area contributed by atoms with Gasteiger partial charge in [-0.3, -0.25) is 5.84 Å². The summed E-state index contributed by atoms with van der Waals surface area (Å²) in [5, 5.41) is 0.713. The van der Waals surface area contributed by atoms with E-state index in [0.29, 0.717) is 23.2 Å². The fraction of sp³-hybridized carbons (Fsp3) is 0.300. The minimum Gasteiger partial charge on any atom is -0.462 e. The van der Waals surface area contributed by atoms with Crippen LogP contribution in [0.25, 0.3) is 0 Å². The molecule has 0 fully saturated rings. The third-order valence-electron chi connectivity index (χ3n) is 1.89. The van der Waals surface area contributed by atoms with Gasteiger partial charge < -0.3 is 10.2 Å². The van der Waals surface area contributed by atoms with E-state index in [9.17, 15) is 4.79 Å². The highest BCUT2D eigenvalue weighted by molar-refractivity contribution is 9.08. The maximum absolute atomic E-state index is 11.5. The summed E-state index contributed by atoms with van der Waals surface area (Å²) >= 11 is 3.33. The van der Waals surface area contributed by atoms with Gasteiger partial charge in [-0.2, -0.15) is 0 Å². The lowest BCUT2D eigenvalue weighted by molar-refractivity contribution is 0.0527. The van der Waals surface area contributed by atoms with Gasteiger partial charge in [0.1, 0.15) is 0 Å². The van der Waals surface area contributed by atoms with Gasteiger partial charge in [-0.25, -0.2) is 4.79 Å². The molecule has 0 saturated carbocycles. The van der Waals surface area contributed by atoms with Crippen molar-refractivity contribution in [2.75, 3.05) is 12.0 Å². The van der Waals surface area contributed by atoms with E-state index in [1.54, 1.807) is 19.1 Å². The summed E-state index contributed by atoms with van der Waals surface area (Å²) in [6.45, 7) is 2.11. The van der Waals surface area contributed by atoms with Crippen molar-refractivity contribution in [1.29, 1.82) is 0 Å². The second kappa shape index (κ2) is 5.72. The standard InChI is InChI=1S/C10H13BrN2O2/c1-2-15-10(14)8-4-3-7(6-11)5-9(8)13-12/h3-5,13H,2,6,12H2,1H3. The molecule has 0 aliphatic rings. The summed E-state index contributed by atoms with van der Waals surface area (Å²) in [7, 11) is 0. The lowest BCUT2D eigenvalue weighted by Crippen LogP contribution is -2.14. The topological polar surface area (TPSA) is 64.3 Å². The quantitative estimate of drug-likeness (QED) is 0.381. The molecule has 0 aromatic heterocycles. The van der Waals surface area contributed by atoms with E-state index >= 15 is 0 Å². The summed E-state index contributed by atoms with van der Waals surface area (Å²) in [6, 6.07) is 5.35. The van der Waals surface area contributed by atoms with Gasteiger partial charge in [0.2, 0.25) is 0 Å². The zero-order valence-electron chi connectivity index (χ0n) is 8.42. The van der Waals surface area contributed by atoms with Gasteiger partial charge in [-0.15, -0.1) is 0 Å². The van der Waals surface area contributed by atoms with Crippen molar-refractivity contribution >= 4 is 27.6 Å². The van der Waals surface area contributed by atoms with E-state index in [0.717, 1.165) is 5.56 Å². The number of carbonyl (C=O) groups is 1. The fourth-order valence-electron chi connectivity index (χ4n) is 1.18. The van der Waals surface area contributed by atoms with Gasteiger partial charge in [0.25, 0.3) is 0 Å². The highest BCUT2D eigenvalue weighted by Crippen LogP contribution is 2.19. The van der Waals surface area contributed by atoms with Crippen molar-refractivity contribution in [1.82, 2.24) is 0 Å². The second-order valence-electron chi connectivity index (χ2n) is 2.88. The molecule has 0 heterocycles. The second-order valence-corrected chi connectivity index (χ2v) is 3.44. The molecule has 15 heavy (non-hydrogen) atoms. The van der Waals surface area contributed by atoms with E-state index in [4.69, 9.17) is 10.6 Å². The van der Waals surface area contributed by atoms with Gasteiger partial charge in [-0.1, -0.05) is 22.0 Å². The zero-order chi connectivity index (χ0) is 11.3. The van der Waals surface area contributed by atoms with Gasteiger partial charge in [-0.05, 0) is 24.6 Å². The van der Waals surface area contributed by atoms with Crippen LogP contribution in [-0.4, -0.2) is 12.6 Å². The van der Waals surface area contributed by atoms with E-state index in [2.05, 4.69) is 21.4 Å². The lowest BCUT2D eigenvalue weighted by atomic mass is 10.1. The first-order valence-corrected chi connectivity index (χ1v) is 5.67. The van der Waals surface area contributed by atoms with Gasteiger partial charge in [0.05, 0.1) is 17.9 Å². The minimum atomic E-state index is -0.369. The normalized spacial score (nSPS) is 9.80. The Kier molecular flexibility index (Phi) is 4.58. The predicted molar refractivity (Wildman–Crippen MR) is 62.8 cm³/mol. The summed E-state index contributed by atoms with van der Waals surface area (Å²) in [4.78, 5) is 11.5. The minimum absolute atomic E-state index is 0.350. The molecule has 0 unspecified atom stereocenters. The first-order valence-electron chi connectivity index (χ1n) is 4.55. The van der Waals surface area contributed by atoms with Gasteiger partial charge >= 0.3 is 5.97 Å². The van der Waals surface area contributed by atoms with E-state index in [1.807, 2.05) is 6.07 Å². The van der Waals surface area contributed by atoms with Crippen LogP contribution in [0.3, 0.4) is 0 Å². The van der Waals surface area contributed by atoms with E-state index in [1.165, 1.54) is 0 Å². The van der Waals surface area contributed by atoms with Crippen LogP contribution in [0.2, 0.25) is 0 Å². The third kappa shape index (κ3) is 2.94. The Labute approximate surface area is 96.9 Å². The molecule has 4 nitrogen and oxygen atoms in total. The first-order chi connectivity index (χ1) is 7.22. The van der Waals surface area contributed by atoms with Crippen molar-refractivity contribution < 1.29 is 9.53 Å². The molecule has 5 heteroatoms. The van der Waals surface area contributed by atoms with Crippen LogP contribution >= 0.6 is 15.9 Å². The van der Waals surface area contributed by atoms with Gasteiger partial charge in [0.15, 0.2) is 0 Å². The van der Waals surface area contributed by atoms with Crippen LogP contribution in [0, 0.1) is 0 Å². The summed E-state index contributed by atoms with van der Waals surface area (Å²) in [5.74, 6) is 4.97. The number of anilines is 1. The number of nitrogens with two attached hydrogens (primary N) is 1. The Morgan fingerprint density at radius 1 is 1.60 bits per heavy atom. The smallest absolute Gasteiger partial charge is 0.340 e. The number of hydrogen-bond acceptors (Lipinski definition) is 4. The van der Waals surface area contributed by atoms with Crippen molar-refractivity contribution in [3.8, 4) is 0 Å². The van der Waals surface area contributed by atoms with Crippen molar-refractivity contribution in [3.63, 3.8) is 0 Å². The Balaban J connectivity index is 3.02. The molecule has 0 bridgehead atoms. The average Bonchev–Trinajstić information content (AvgIpc) is 2.28. The molecule has 0 spiro atoms. The van der Waals surface area contributed by atoms with Crippen LogP contribution in [0.1, 0.15) is 22.8 Å².